The van der Waals surface area contributed by atoms with Gasteiger partial charge in [0, 0.05) is 37.6 Å². The summed E-state index contributed by atoms with van der Waals surface area (Å²) in [5.74, 6) is 0.408. The van der Waals surface area contributed by atoms with Crippen molar-refractivity contribution in [1.82, 2.24) is 14.6 Å². The van der Waals surface area contributed by atoms with Crippen molar-refractivity contribution in [1.29, 1.82) is 0 Å². The second-order valence-electron chi connectivity index (χ2n) is 5.18. The van der Waals surface area contributed by atoms with Crippen LogP contribution >= 0.6 is 0 Å². The number of aromatic nitrogens is 3. The Labute approximate surface area is 114 Å². The van der Waals surface area contributed by atoms with Crippen molar-refractivity contribution in [3.63, 3.8) is 0 Å². The molecule has 2 N–H and O–H groups in total. The van der Waals surface area contributed by atoms with Crippen LogP contribution < -0.4 is 10.6 Å². The molecule has 0 radical (unpaired) electrons. The van der Waals surface area contributed by atoms with E-state index in [2.05, 4.69) is 10.1 Å². The van der Waals surface area contributed by atoms with Crippen LogP contribution in [0.4, 0.5) is 19.0 Å². The highest BCUT2D eigenvalue weighted by Crippen LogP contribution is 2.31. The summed E-state index contributed by atoms with van der Waals surface area (Å²) >= 11 is 0. The molecule has 0 fully saturated rings. The second kappa shape index (κ2) is 4.62. The average molecular weight is 287 g/mol. The highest BCUT2D eigenvalue weighted by Gasteiger charge is 2.35. The molecule has 110 valence electrons. The van der Waals surface area contributed by atoms with Gasteiger partial charge >= 0.3 is 6.18 Å². The molecule has 0 saturated carbocycles. The van der Waals surface area contributed by atoms with E-state index in [9.17, 15) is 13.2 Å². The summed E-state index contributed by atoms with van der Waals surface area (Å²) in [4.78, 5) is 5.91. The van der Waals surface area contributed by atoms with E-state index in [1.807, 2.05) is 13.8 Å². The minimum Gasteiger partial charge on any atom is -0.351 e. The van der Waals surface area contributed by atoms with Gasteiger partial charge in [-0.1, -0.05) is 0 Å². The largest absolute Gasteiger partial charge is 0.435 e. The van der Waals surface area contributed by atoms with Crippen molar-refractivity contribution in [2.45, 2.75) is 25.6 Å². The fourth-order valence-corrected chi connectivity index (χ4v) is 1.73. The molecule has 2 rings (SSSR count). The number of nitrogens with two attached hydrogens (primary N) is 1. The van der Waals surface area contributed by atoms with Crippen LogP contribution in [0, 0.1) is 0 Å². The Morgan fingerprint density at radius 2 is 2.00 bits per heavy atom. The molecule has 5 nitrogen and oxygen atoms in total. The lowest BCUT2D eigenvalue weighted by Gasteiger charge is -2.35. The third-order valence-corrected chi connectivity index (χ3v) is 3.39. The lowest BCUT2D eigenvalue weighted by atomic mass is 10.0. The molecule has 0 aliphatic rings. The Bertz CT molecular complexity index is 617. The summed E-state index contributed by atoms with van der Waals surface area (Å²) < 4.78 is 39.4. The summed E-state index contributed by atoms with van der Waals surface area (Å²) in [6.07, 6.45) is -1.68. The Kier molecular flexibility index (Phi) is 3.37. The zero-order valence-electron chi connectivity index (χ0n) is 11.4. The van der Waals surface area contributed by atoms with Crippen molar-refractivity contribution in [2.24, 2.45) is 5.73 Å². The van der Waals surface area contributed by atoms with Gasteiger partial charge in [0.05, 0.1) is 0 Å². The maximum atomic E-state index is 12.7. The predicted octanol–water partition coefficient (Wildman–Crippen LogP) is 1.92. The Morgan fingerprint density at radius 1 is 1.35 bits per heavy atom. The van der Waals surface area contributed by atoms with E-state index in [0.29, 0.717) is 17.9 Å². The van der Waals surface area contributed by atoms with Gasteiger partial charge in [-0.3, -0.25) is 0 Å². The first kappa shape index (κ1) is 14.6. The third-order valence-electron chi connectivity index (χ3n) is 3.39. The standard InChI is InChI=1S/C12H16F3N5/c1-11(2,7-16)19(3)10-8-6-9(12(13,14)15)18-20(8)5-4-17-10/h4-6H,7,16H2,1-3H3. The maximum absolute atomic E-state index is 12.7. The third kappa shape index (κ3) is 2.43. The molecular weight excluding hydrogens is 271 g/mol. The van der Waals surface area contributed by atoms with E-state index in [0.717, 1.165) is 6.07 Å². The number of fused-ring (bicyclic) bond motifs is 1. The number of hydrogen-bond donors (Lipinski definition) is 1. The summed E-state index contributed by atoms with van der Waals surface area (Å²) in [6, 6.07) is 0.991. The van der Waals surface area contributed by atoms with Crippen molar-refractivity contribution < 1.29 is 13.2 Å². The number of rotatable bonds is 3. The number of nitrogens with zero attached hydrogens (tertiary/aromatic N) is 4. The number of halogens is 3. The van der Waals surface area contributed by atoms with Crippen molar-refractivity contribution in [3.05, 3.63) is 24.2 Å². The van der Waals surface area contributed by atoms with E-state index in [1.165, 1.54) is 16.9 Å². The molecule has 0 atom stereocenters. The zero-order valence-corrected chi connectivity index (χ0v) is 11.4. The molecule has 0 saturated heterocycles. The van der Waals surface area contributed by atoms with Crippen molar-refractivity contribution in [2.75, 3.05) is 18.5 Å². The monoisotopic (exact) mass is 287 g/mol. The molecule has 2 heterocycles. The van der Waals surface area contributed by atoms with Crippen LogP contribution in [0.2, 0.25) is 0 Å². The number of hydrogen-bond acceptors (Lipinski definition) is 4. The van der Waals surface area contributed by atoms with Gasteiger partial charge < -0.3 is 10.6 Å². The van der Waals surface area contributed by atoms with Gasteiger partial charge in [0.15, 0.2) is 11.5 Å². The first-order valence-electron chi connectivity index (χ1n) is 6.02. The first-order valence-corrected chi connectivity index (χ1v) is 6.02. The molecule has 0 aromatic carbocycles. The van der Waals surface area contributed by atoms with Crippen LogP contribution in [0.5, 0.6) is 0 Å². The van der Waals surface area contributed by atoms with Gasteiger partial charge in [-0.15, -0.1) is 0 Å². The van der Waals surface area contributed by atoms with E-state index >= 15 is 0 Å². The molecule has 0 aliphatic carbocycles. The maximum Gasteiger partial charge on any atom is 0.435 e. The van der Waals surface area contributed by atoms with Crippen LogP contribution in [0.1, 0.15) is 19.5 Å². The molecule has 0 aliphatic heterocycles. The summed E-state index contributed by atoms with van der Waals surface area (Å²) in [5.41, 5.74) is 4.61. The quantitative estimate of drug-likeness (QED) is 0.937. The predicted molar refractivity (Wildman–Crippen MR) is 69.5 cm³/mol. The lowest BCUT2D eigenvalue weighted by molar-refractivity contribution is -0.141. The summed E-state index contributed by atoms with van der Waals surface area (Å²) in [7, 11) is 1.75. The van der Waals surface area contributed by atoms with Gasteiger partial charge in [-0.2, -0.15) is 18.3 Å². The molecule has 2 aromatic heterocycles. The smallest absolute Gasteiger partial charge is 0.351 e. The van der Waals surface area contributed by atoms with Crippen LogP contribution in [-0.4, -0.2) is 33.7 Å². The topological polar surface area (TPSA) is 59.5 Å². The van der Waals surface area contributed by atoms with Crippen LogP contribution in [0.15, 0.2) is 18.5 Å². The molecule has 2 aromatic rings. The molecule has 0 unspecified atom stereocenters. The molecule has 20 heavy (non-hydrogen) atoms. The van der Waals surface area contributed by atoms with Gasteiger partial charge in [-0.05, 0) is 13.8 Å². The van der Waals surface area contributed by atoms with Crippen LogP contribution in [-0.2, 0) is 6.18 Å². The minimum atomic E-state index is -4.48. The van der Waals surface area contributed by atoms with Crippen LogP contribution in [0.25, 0.3) is 5.52 Å². The van der Waals surface area contributed by atoms with Gasteiger partial charge in [0.2, 0.25) is 0 Å². The Balaban J connectivity index is 2.58. The second-order valence-corrected chi connectivity index (χ2v) is 5.18. The zero-order chi connectivity index (χ0) is 15.1. The fourth-order valence-electron chi connectivity index (χ4n) is 1.73. The van der Waals surface area contributed by atoms with E-state index in [1.54, 1.807) is 11.9 Å². The van der Waals surface area contributed by atoms with E-state index < -0.39 is 17.4 Å². The van der Waals surface area contributed by atoms with Crippen LogP contribution in [0.3, 0.4) is 0 Å². The van der Waals surface area contributed by atoms with E-state index in [4.69, 9.17) is 5.73 Å². The number of likely N-dealkylation sites (N-methyl/N-ethyl adjacent to an activating group) is 1. The Hall–Kier alpha value is -1.83. The van der Waals surface area contributed by atoms with E-state index in [-0.39, 0.29) is 0 Å². The molecular formula is C12H16F3N5. The first-order chi connectivity index (χ1) is 9.16. The number of alkyl halides is 3. The van der Waals surface area contributed by atoms with Gasteiger partial charge in [0.25, 0.3) is 0 Å². The summed E-state index contributed by atoms with van der Waals surface area (Å²) in [6.45, 7) is 4.12. The minimum absolute atomic E-state index is 0.295. The molecule has 0 amide bonds. The van der Waals surface area contributed by atoms with Gasteiger partial charge in [0.1, 0.15) is 5.52 Å². The molecule has 8 heteroatoms. The fraction of sp³-hybridized carbons (Fsp3) is 0.500. The Morgan fingerprint density at radius 3 is 2.55 bits per heavy atom. The lowest BCUT2D eigenvalue weighted by Crippen LogP contribution is -2.47. The van der Waals surface area contributed by atoms with Crippen molar-refractivity contribution in [3.8, 4) is 0 Å². The average Bonchev–Trinajstić information content (AvgIpc) is 2.81. The highest BCUT2D eigenvalue weighted by molar-refractivity contribution is 5.69. The highest BCUT2D eigenvalue weighted by atomic mass is 19.4. The molecule has 0 bridgehead atoms. The molecule has 0 spiro atoms. The normalized spacial score (nSPS) is 12.9. The van der Waals surface area contributed by atoms with Crippen molar-refractivity contribution >= 4 is 11.3 Å². The summed E-state index contributed by atoms with van der Waals surface area (Å²) in [5, 5.41) is 3.53. The number of anilines is 1. The SMILES string of the molecule is CN(c1nccn2nc(C(F)(F)F)cc12)C(C)(C)CN. The van der Waals surface area contributed by atoms with Gasteiger partial charge in [-0.25, -0.2) is 9.50 Å².